The summed E-state index contributed by atoms with van der Waals surface area (Å²) < 4.78 is 5.57. The summed E-state index contributed by atoms with van der Waals surface area (Å²) in [7, 11) is 3.69. The Morgan fingerprint density at radius 2 is 2.03 bits per heavy atom. The van der Waals surface area contributed by atoms with E-state index in [0.717, 1.165) is 25.1 Å². The summed E-state index contributed by atoms with van der Waals surface area (Å²) >= 11 is 0. The van der Waals surface area contributed by atoms with Crippen molar-refractivity contribution >= 4 is 29.0 Å². The smallest absolute Gasteiger partial charge is 0.273 e. The number of hydrogen-bond donors (Lipinski definition) is 3. The van der Waals surface area contributed by atoms with Gasteiger partial charge in [0.2, 0.25) is 5.95 Å². The number of nitrogens with two attached hydrogens (primary N) is 1. The lowest BCUT2D eigenvalue weighted by Crippen LogP contribution is -2.26. The Bertz CT molecular complexity index is 1240. The molecular weight excluding hydrogens is 420 g/mol. The molecule has 33 heavy (non-hydrogen) atoms. The number of anilines is 4. The largest absolute Gasteiger partial charge is 0.495 e. The molecule has 0 radical (unpaired) electrons. The summed E-state index contributed by atoms with van der Waals surface area (Å²) in [4.78, 5) is 18.6. The molecule has 0 fully saturated rings. The van der Waals surface area contributed by atoms with E-state index in [1.54, 1.807) is 13.2 Å². The number of rotatable bonds is 7. The van der Waals surface area contributed by atoms with E-state index in [1.165, 1.54) is 11.1 Å². The number of nitrogens with zero attached hydrogens (tertiary/aromatic N) is 5. The van der Waals surface area contributed by atoms with Crippen LogP contribution in [0.5, 0.6) is 5.75 Å². The summed E-state index contributed by atoms with van der Waals surface area (Å²) in [5, 5.41) is 23.3. The highest BCUT2D eigenvalue weighted by Gasteiger charge is 2.19. The summed E-state index contributed by atoms with van der Waals surface area (Å²) in [6, 6.07) is 13.4. The molecular formula is C23H24N8O2. The third kappa shape index (κ3) is 4.83. The van der Waals surface area contributed by atoms with E-state index in [0.29, 0.717) is 17.1 Å². The van der Waals surface area contributed by atoms with Crippen molar-refractivity contribution in [2.45, 2.75) is 19.4 Å². The Morgan fingerprint density at radius 1 is 1.21 bits per heavy atom. The van der Waals surface area contributed by atoms with E-state index in [1.807, 2.05) is 30.3 Å². The van der Waals surface area contributed by atoms with Gasteiger partial charge in [0, 0.05) is 18.8 Å². The van der Waals surface area contributed by atoms with Crippen LogP contribution in [0.4, 0.5) is 23.1 Å². The van der Waals surface area contributed by atoms with E-state index in [-0.39, 0.29) is 23.9 Å². The minimum absolute atomic E-state index is 0.105. The van der Waals surface area contributed by atoms with E-state index >= 15 is 0 Å². The van der Waals surface area contributed by atoms with Gasteiger partial charge in [-0.05, 0) is 48.4 Å². The number of carbonyl (C=O) groups excluding carboxylic acids is 1. The molecule has 0 spiro atoms. The van der Waals surface area contributed by atoms with Crippen molar-refractivity contribution in [2.24, 2.45) is 5.73 Å². The fraction of sp³-hybridized carbons (Fsp3) is 0.261. The van der Waals surface area contributed by atoms with Crippen LogP contribution in [0.15, 0.2) is 36.4 Å². The van der Waals surface area contributed by atoms with Gasteiger partial charge in [0.25, 0.3) is 5.91 Å². The van der Waals surface area contributed by atoms with Crippen LogP contribution in [-0.4, -0.2) is 46.7 Å². The Morgan fingerprint density at radius 3 is 2.79 bits per heavy atom. The van der Waals surface area contributed by atoms with Crippen LogP contribution in [0.2, 0.25) is 0 Å². The van der Waals surface area contributed by atoms with Gasteiger partial charge in [-0.25, -0.2) is 0 Å². The molecule has 1 aliphatic rings. The normalized spacial score (nSPS) is 13.0. The van der Waals surface area contributed by atoms with Crippen molar-refractivity contribution in [1.29, 1.82) is 5.26 Å². The Hall–Kier alpha value is -4.23. The molecule has 0 unspecified atom stereocenters. The van der Waals surface area contributed by atoms with Crippen LogP contribution < -0.4 is 21.1 Å². The van der Waals surface area contributed by atoms with Crippen molar-refractivity contribution < 1.29 is 9.53 Å². The number of aromatic nitrogens is 3. The average Bonchev–Trinajstić information content (AvgIpc) is 2.80. The van der Waals surface area contributed by atoms with Crippen LogP contribution in [0.3, 0.4) is 0 Å². The molecule has 0 saturated carbocycles. The molecule has 0 aliphatic carbocycles. The second-order valence-electron chi connectivity index (χ2n) is 7.75. The molecule has 1 aromatic heterocycles. The highest BCUT2D eigenvalue weighted by atomic mass is 16.5. The number of para-hydroxylation sites is 1. The predicted molar refractivity (Wildman–Crippen MR) is 124 cm³/mol. The lowest BCUT2D eigenvalue weighted by Gasteiger charge is -2.26. The molecule has 0 atom stereocenters. The maximum atomic E-state index is 11.9. The highest BCUT2D eigenvalue weighted by Crippen LogP contribution is 2.33. The van der Waals surface area contributed by atoms with Gasteiger partial charge in [-0.15, -0.1) is 10.2 Å². The van der Waals surface area contributed by atoms with Gasteiger partial charge in [0.15, 0.2) is 11.5 Å². The fourth-order valence-corrected chi connectivity index (χ4v) is 3.76. The number of methoxy groups -OCH3 is 1. The molecule has 10 heteroatoms. The third-order valence-corrected chi connectivity index (χ3v) is 5.43. The first-order valence-corrected chi connectivity index (χ1v) is 10.4. The first-order valence-electron chi connectivity index (χ1n) is 10.4. The predicted octanol–water partition coefficient (Wildman–Crippen LogP) is 2.52. The minimum atomic E-state index is -0.767. The molecule has 4 rings (SSSR count). The number of hydrogen-bond acceptors (Lipinski definition) is 9. The SMILES string of the molecule is COc1cc2c(cc1Nc1nnc(C(N)=O)c(Nc3ccccc3CC#N)n1)CN(C)CC2. The average molecular weight is 444 g/mol. The topological polar surface area (TPSA) is 142 Å². The van der Waals surface area contributed by atoms with Gasteiger partial charge < -0.3 is 26.0 Å². The summed E-state index contributed by atoms with van der Waals surface area (Å²) in [6.07, 6.45) is 1.14. The lowest BCUT2D eigenvalue weighted by molar-refractivity contribution is 0.0995. The lowest BCUT2D eigenvalue weighted by atomic mass is 9.99. The zero-order valence-electron chi connectivity index (χ0n) is 18.4. The first-order chi connectivity index (χ1) is 16.0. The molecule has 0 saturated heterocycles. The van der Waals surface area contributed by atoms with Gasteiger partial charge in [0.1, 0.15) is 5.75 Å². The number of carbonyl (C=O) groups is 1. The van der Waals surface area contributed by atoms with Crippen molar-refractivity contribution in [3.63, 3.8) is 0 Å². The molecule has 1 aliphatic heterocycles. The van der Waals surface area contributed by atoms with Crippen molar-refractivity contribution in [3.8, 4) is 11.8 Å². The van der Waals surface area contributed by atoms with Crippen LogP contribution in [-0.2, 0) is 19.4 Å². The minimum Gasteiger partial charge on any atom is -0.495 e. The molecule has 2 aromatic carbocycles. The maximum absolute atomic E-state index is 11.9. The number of nitrogens with one attached hydrogen (secondary N) is 2. The molecule has 0 bridgehead atoms. The van der Waals surface area contributed by atoms with Gasteiger partial charge in [-0.2, -0.15) is 10.2 Å². The van der Waals surface area contributed by atoms with Crippen LogP contribution in [0.25, 0.3) is 0 Å². The van der Waals surface area contributed by atoms with Crippen molar-refractivity contribution in [2.75, 3.05) is 31.3 Å². The molecule has 168 valence electrons. The maximum Gasteiger partial charge on any atom is 0.273 e. The summed E-state index contributed by atoms with van der Waals surface area (Å²) in [5.74, 6) is 0.204. The highest BCUT2D eigenvalue weighted by molar-refractivity contribution is 5.96. The summed E-state index contributed by atoms with van der Waals surface area (Å²) in [5.41, 5.74) is 9.89. The summed E-state index contributed by atoms with van der Waals surface area (Å²) in [6.45, 7) is 1.82. The Labute approximate surface area is 191 Å². The van der Waals surface area contributed by atoms with Crippen LogP contribution in [0.1, 0.15) is 27.2 Å². The zero-order valence-corrected chi connectivity index (χ0v) is 18.4. The monoisotopic (exact) mass is 444 g/mol. The molecule has 4 N–H and O–H groups in total. The Balaban J connectivity index is 1.69. The second-order valence-corrected chi connectivity index (χ2v) is 7.75. The van der Waals surface area contributed by atoms with E-state index in [4.69, 9.17) is 15.7 Å². The standard InChI is InChI=1S/C23H24N8O2/c1-31-10-8-15-12-19(33-2)18(11-16(15)13-31)27-23-28-22(20(21(25)32)29-30-23)26-17-6-4-3-5-14(17)7-9-24/h3-6,11-12H,7-8,10,13H2,1-2H3,(H2,25,32)(H2,26,27,28,30). The molecule has 2 heterocycles. The fourth-order valence-electron chi connectivity index (χ4n) is 3.76. The van der Waals surface area contributed by atoms with E-state index in [2.05, 4.69) is 43.8 Å². The third-order valence-electron chi connectivity index (χ3n) is 5.43. The number of amides is 1. The van der Waals surface area contributed by atoms with Crippen LogP contribution >= 0.6 is 0 Å². The van der Waals surface area contributed by atoms with Gasteiger partial charge in [0.05, 0.1) is 25.3 Å². The van der Waals surface area contributed by atoms with Gasteiger partial charge in [-0.1, -0.05) is 18.2 Å². The number of likely N-dealkylation sites (N-methyl/N-ethyl adjacent to an activating group) is 1. The van der Waals surface area contributed by atoms with E-state index in [9.17, 15) is 4.79 Å². The number of fused-ring (bicyclic) bond motifs is 1. The molecule has 3 aromatic rings. The van der Waals surface area contributed by atoms with Crippen LogP contribution in [0, 0.1) is 11.3 Å². The molecule has 10 nitrogen and oxygen atoms in total. The first kappa shape index (κ1) is 22.0. The zero-order chi connectivity index (χ0) is 23.4. The van der Waals surface area contributed by atoms with Gasteiger partial charge >= 0.3 is 0 Å². The number of benzene rings is 2. The van der Waals surface area contributed by atoms with Crippen molar-refractivity contribution in [3.05, 3.63) is 58.8 Å². The quantitative estimate of drug-likeness (QED) is 0.501. The second kappa shape index (κ2) is 9.50. The molecule has 1 amide bonds. The Kier molecular flexibility index (Phi) is 6.33. The van der Waals surface area contributed by atoms with Gasteiger partial charge in [-0.3, -0.25) is 4.79 Å². The number of nitriles is 1. The van der Waals surface area contributed by atoms with E-state index < -0.39 is 5.91 Å². The number of primary amides is 1. The van der Waals surface area contributed by atoms with Crippen molar-refractivity contribution in [1.82, 2.24) is 20.1 Å². The number of ether oxygens (including phenoxy) is 1.